The van der Waals surface area contributed by atoms with Gasteiger partial charge < -0.3 is 0 Å². The Balaban J connectivity index is 1.68. The van der Waals surface area contributed by atoms with Crippen LogP contribution in [0, 0.1) is 0 Å². The van der Waals surface area contributed by atoms with Gasteiger partial charge in [-0.15, -0.1) is 0 Å². The van der Waals surface area contributed by atoms with Gasteiger partial charge in [-0.2, -0.15) is 0 Å². The Morgan fingerprint density at radius 1 is 0.739 bits per heavy atom. The first-order valence-electron chi connectivity index (χ1n) is 8.88. The molecule has 4 rings (SSSR count). The summed E-state index contributed by atoms with van der Waals surface area (Å²) >= 11 is 0. The van der Waals surface area contributed by atoms with Crippen molar-refractivity contribution in [3.05, 3.63) is 89.1 Å². The van der Waals surface area contributed by atoms with E-state index < -0.39 is 8.07 Å². The monoisotopic (exact) mass is 316 g/mol. The van der Waals surface area contributed by atoms with Gasteiger partial charge in [0.2, 0.25) is 0 Å². The molecule has 0 spiro atoms. The minimum Gasteiger partial charge on any atom is -0.0808 e. The van der Waals surface area contributed by atoms with E-state index in [0.29, 0.717) is 0 Å². The van der Waals surface area contributed by atoms with Gasteiger partial charge in [-0.25, -0.2) is 0 Å². The van der Waals surface area contributed by atoms with Crippen molar-refractivity contribution in [2.24, 2.45) is 0 Å². The molecule has 0 N–H and O–H groups in total. The highest BCUT2D eigenvalue weighted by molar-refractivity contribution is 6.98. The summed E-state index contributed by atoms with van der Waals surface area (Å²) in [6.07, 6.45) is 10.1. The molecule has 1 heterocycles. The quantitative estimate of drug-likeness (QED) is 0.682. The van der Waals surface area contributed by atoms with Crippen LogP contribution in [0.25, 0.3) is 0 Å². The third-order valence-corrected chi connectivity index (χ3v) is 11.0. The van der Waals surface area contributed by atoms with Gasteiger partial charge in [0.05, 0.1) is 0 Å². The molecule has 0 bridgehead atoms. The minimum atomic E-state index is -1.50. The highest BCUT2D eigenvalue weighted by Crippen LogP contribution is 2.41. The Hall–Kier alpha value is -1.86. The summed E-state index contributed by atoms with van der Waals surface area (Å²) in [7, 11) is -1.50. The maximum absolute atomic E-state index is 2.56. The lowest BCUT2D eigenvalue weighted by atomic mass is 10.1. The predicted molar refractivity (Wildman–Crippen MR) is 102 cm³/mol. The van der Waals surface area contributed by atoms with E-state index in [1.807, 2.05) is 0 Å². The average molecular weight is 317 g/mol. The second kappa shape index (κ2) is 6.33. The third-order valence-electron chi connectivity index (χ3n) is 5.57. The summed E-state index contributed by atoms with van der Waals surface area (Å²) in [5, 5.41) is 3.41. The van der Waals surface area contributed by atoms with Gasteiger partial charge in [0.25, 0.3) is 0 Å². The molecule has 0 amide bonds. The predicted octanol–water partition coefficient (Wildman–Crippen LogP) is 5.17. The van der Waals surface area contributed by atoms with Crippen LogP contribution in [0.1, 0.15) is 24.8 Å². The van der Waals surface area contributed by atoms with Crippen molar-refractivity contribution in [1.82, 2.24) is 0 Å². The second-order valence-electron chi connectivity index (χ2n) is 6.90. The van der Waals surface area contributed by atoms with Crippen LogP contribution in [0.2, 0.25) is 12.1 Å². The van der Waals surface area contributed by atoms with Gasteiger partial charge in [0.1, 0.15) is 8.07 Å². The Bertz CT molecular complexity index is 719. The first-order chi connectivity index (χ1) is 11.4. The number of rotatable bonds is 4. The number of benzene rings is 2. The standard InChI is InChI=1S/C22H24Si/c1-3-10-19(11-4-1)18-20-12-9-15-22(20)23(16-7-8-17-23)21-13-5-2-6-14-21/h1-6,10-15H,7-9,16-18H2. The molecule has 1 aliphatic carbocycles. The molecule has 0 aromatic heterocycles. The van der Waals surface area contributed by atoms with Crippen molar-refractivity contribution in [3.63, 3.8) is 0 Å². The molecule has 2 aromatic carbocycles. The zero-order valence-electron chi connectivity index (χ0n) is 13.7. The normalized spacial score (nSPS) is 19.5. The maximum Gasteiger partial charge on any atom is 0.118 e. The molecule has 1 heteroatoms. The summed E-state index contributed by atoms with van der Waals surface area (Å²) in [6.45, 7) is 0. The van der Waals surface area contributed by atoms with Gasteiger partial charge in [0.15, 0.2) is 0 Å². The van der Waals surface area contributed by atoms with Crippen molar-refractivity contribution in [2.75, 3.05) is 0 Å². The van der Waals surface area contributed by atoms with Crippen LogP contribution in [-0.4, -0.2) is 8.07 Å². The molecular formula is C22H24Si. The molecule has 0 nitrogen and oxygen atoms in total. The lowest BCUT2D eigenvalue weighted by molar-refractivity contribution is 0.935. The Kier molecular flexibility index (Phi) is 4.05. The van der Waals surface area contributed by atoms with Crippen molar-refractivity contribution < 1.29 is 0 Å². The fourth-order valence-corrected chi connectivity index (χ4v) is 10.0. The summed E-state index contributed by atoms with van der Waals surface area (Å²) in [6, 6.07) is 25.3. The zero-order chi connectivity index (χ0) is 15.5. The summed E-state index contributed by atoms with van der Waals surface area (Å²) in [5.41, 5.74) is 3.07. The SMILES string of the molecule is C1=C(Cc2ccccc2)C([Si]2(c3ccccc3)CCCC2)=CC1. The molecule has 1 fully saturated rings. The molecule has 1 aliphatic heterocycles. The highest BCUT2D eigenvalue weighted by Gasteiger charge is 2.43. The molecule has 0 atom stereocenters. The van der Waals surface area contributed by atoms with Crippen LogP contribution in [0.5, 0.6) is 0 Å². The van der Waals surface area contributed by atoms with Crippen LogP contribution < -0.4 is 5.19 Å². The van der Waals surface area contributed by atoms with E-state index >= 15 is 0 Å². The molecule has 23 heavy (non-hydrogen) atoms. The fraction of sp³-hybridized carbons (Fsp3) is 0.273. The largest absolute Gasteiger partial charge is 0.118 e. The summed E-state index contributed by atoms with van der Waals surface area (Å²) < 4.78 is 0. The van der Waals surface area contributed by atoms with Crippen LogP contribution in [0.15, 0.2) is 83.6 Å². The third kappa shape index (κ3) is 2.74. The second-order valence-corrected chi connectivity index (χ2v) is 11.2. The lowest BCUT2D eigenvalue weighted by Gasteiger charge is -2.31. The van der Waals surface area contributed by atoms with E-state index in [1.54, 1.807) is 16.0 Å². The van der Waals surface area contributed by atoms with E-state index in [2.05, 4.69) is 72.8 Å². The first-order valence-corrected chi connectivity index (χ1v) is 11.3. The van der Waals surface area contributed by atoms with Crippen molar-refractivity contribution in [3.8, 4) is 0 Å². The summed E-state index contributed by atoms with van der Waals surface area (Å²) in [4.78, 5) is 0. The fourth-order valence-electron chi connectivity index (χ4n) is 4.50. The number of allylic oxidation sites excluding steroid dienone is 4. The molecule has 0 saturated carbocycles. The van der Waals surface area contributed by atoms with Gasteiger partial charge in [-0.3, -0.25) is 0 Å². The van der Waals surface area contributed by atoms with E-state index in [-0.39, 0.29) is 0 Å². The lowest BCUT2D eigenvalue weighted by Crippen LogP contribution is -2.47. The van der Waals surface area contributed by atoms with E-state index in [9.17, 15) is 0 Å². The Morgan fingerprint density at radius 2 is 1.39 bits per heavy atom. The zero-order valence-corrected chi connectivity index (χ0v) is 14.7. The van der Waals surface area contributed by atoms with Crippen LogP contribution >= 0.6 is 0 Å². The first kappa shape index (κ1) is 14.7. The topological polar surface area (TPSA) is 0 Å². The maximum atomic E-state index is 2.56. The van der Waals surface area contributed by atoms with E-state index in [4.69, 9.17) is 0 Å². The van der Waals surface area contributed by atoms with Gasteiger partial charge in [0, 0.05) is 0 Å². The summed E-state index contributed by atoms with van der Waals surface area (Å²) in [5.74, 6) is 0. The van der Waals surface area contributed by atoms with Crippen LogP contribution in [0.4, 0.5) is 0 Å². The number of hydrogen-bond acceptors (Lipinski definition) is 0. The Morgan fingerprint density at radius 3 is 2.09 bits per heavy atom. The molecule has 0 radical (unpaired) electrons. The molecule has 116 valence electrons. The van der Waals surface area contributed by atoms with Crippen molar-refractivity contribution in [1.29, 1.82) is 0 Å². The molecular weight excluding hydrogens is 292 g/mol. The molecule has 1 saturated heterocycles. The van der Waals surface area contributed by atoms with Crippen LogP contribution in [0.3, 0.4) is 0 Å². The smallest absolute Gasteiger partial charge is 0.0808 e. The van der Waals surface area contributed by atoms with E-state index in [0.717, 1.165) is 12.8 Å². The van der Waals surface area contributed by atoms with Crippen molar-refractivity contribution >= 4 is 13.3 Å². The minimum absolute atomic E-state index is 1.11. The molecule has 2 aliphatic rings. The van der Waals surface area contributed by atoms with E-state index in [1.165, 1.54) is 30.5 Å². The van der Waals surface area contributed by atoms with Gasteiger partial charge in [-0.05, 0) is 36.1 Å². The van der Waals surface area contributed by atoms with Crippen molar-refractivity contribution in [2.45, 2.75) is 37.8 Å². The van der Waals surface area contributed by atoms with Gasteiger partial charge in [-0.1, -0.05) is 96.0 Å². The average Bonchev–Trinajstić information content (AvgIpc) is 3.26. The number of hydrogen-bond donors (Lipinski definition) is 0. The van der Waals surface area contributed by atoms with Gasteiger partial charge >= 0.3 is 0 Å². The van der Waals surface area contributed by atoms with Crippen LogP contribution in [-0.2, 0) is 6.42 Å². The molecule has 2 aromatic rings. The Labute approximate surface area is 140 Å². The molecule has 0 unspecified atom stereocenters. The highest BCUT2D eigenvalue weighted by atomic mass is 28.3.